The van der Waals surface area contributed by atoms with Crippen molar-refractivity contribution in [3.63, 3.8) is 0 Å². The first-order valence-corrected chi connectivity index (χ1v) is 14.8. The van der Waals surface area contributed by atoms with Crippen LogP contribution in [0.25, 0.3) is 0 Å². The molecule has 5 rings (SSSR count). The third-order valence-corrected chi connectivity index (χ3v) is 13.4. The molecule has 0 aromatic rings. The van der Waals surface area contributed by atoms with Crippen molar-refractivity contribution in [1.82, 2.24) is 0 Å². The molecule has 5 nitrogen and oxygen atoms in total. The quantitative estimate of drug-likeness (QED) is 0.310. The van der Waals surface area contributed by atoms with Crippen molar-refractivity contribution in [3.8, 4) is 0 Å². The van der Waals surface area contributed by atoms with E-state index in [1.54, 1.807) is 0 Å². The molecule has 210 valence electrons. The molecule has 5 heteroatoms. The van der Waals surface area contributed by atoms with Crippen LogP contribution in [0.5, 0.6) is 0 Å². The Hall–Kier alpha value is -0.910. The van der Waals surface area contributed by atoms with E-state index in [2.05, 4.69) is 61.5 Å². The standard InChI is InChI=1S/C32H52O5/c1-18(33)37-26-23(35)25(36)32(9)22(28(26,4)5)10-11-31(8)24(32)21(34)16-19-20-17-27(2,3)12-13-29(20,6)14-15-30(19,31)7/h16,20-26,34-36H,10-15,17H2,1-9H3/t20-,21+,22-,23+,24-,25+,26-,29+,30+,31+,32-/m0/s1. The first kappa shape index (κ1) is 27.6. The summed E-state index contributed by atoms with van der Waals surface area (Å²) < 4.78 is 5.64. The summed E-state index contributed by atoms with van der Waals surface area (Å²) in [6.07, 6.45) is 6.26. The maximum atomic E-state index is 12.1. The molecule has 3 N–H and O–H groups in total. The zero-order chi connectivity index (χ0) is 27.6. The number of fused-ring (bicyclic) bond motifs is 7. The van der Waals surface area contributed by atoms with E-state index in [-0.39, 0.29) is 28.1 Å². The van der Waals surface area contributed by atoms with Gasteiger partial charge in [-0.1, -0.05) is 67.0 Å². The fourth-order valence-electron chi connectivity index (χ4n) is 11.1. The van der Waals surface area contributed by atoms with E-state index >= 15 is 0 Å². The first-order chi connectivity index (χ1) is 16.9. The van der Waals surface area contributed by atoms with E-state index in [0.29, 0.717) is 11.3 Å². The maximum Gasteiger partial charge on any atom is 0.303 e. The van der Waals surface area contributed by atoms with E-state index in [1.165, 1.54) is 31.8 Å². The first-order valence-electron chi connectivity index (χ1n) is 14.8. The third kappa shape index (κ3) is 3.48. The van der Waals surface area contributed by atoms with Crippen LogP contribution in [0.4, 0.5) is 0 Å². The number of carbonyl (C=O) groups is 1. The van der Waals surface area contributed by atoms with Crippen LogP contribution in [-0.4, -0.2) is 45.7 Å². The van der Waals surface area contributed by atoms with Gasteiger partial charge in [0, 0.05) is 23.7 Å². The van der Waals surface area contributed by atoms with Gasteiger partial charge in [-0.15, -0.1) is 0 Å². The van der Waals surface area contributed by atoms with Gasteiger partial charge in [-0.25, -0.2) is 0 Å². The van der Waals surface area contributed by atoms with E-state index in [1.807, 2.05) is 0 Å². The molecule has 0 amide bonds. The summed E-state index contributed by atoms with van der Waals surface area (Å²) in [6, 6.07) is 0. The second-order valence-corrected chi connectivity index (χ2v) is 16.2. The number of carbonyl (C=O) groups excluding carboxylic acids is 1. The SMILES string of the molecule is CC(=O)O[C@H]1[C@H](O)[C@@H](O)[C@]2(C)[C@H]3[C@H](O)C=C4[C@@H]5CC(C)(C)CC[C@]5(C)CC[C@@]4(C)[C@]3(C)CC[C@H]2C1(C)C. The highest BCUT2D eigenvalue weighted by molar-refractivity contribution is 5.66. The summed E-state index contributed by atoms with van der Waals surface area (Å²) in [4.78, 5) is 11.9. The molecule has 0 bridgehead atoms. The van der Waals surface area contributed by atoms with Gasteiger partial charge in [-0.3, -0.25) is 4.79 Å². The summed E-state index contributed by atoms with van der Waals surface area (Å²) in [6.45, 7) is 19.7. The van der Waals surface area contributed by atoms with Gasteiger partial charge in [0.2, 0.25) is 0 Å². The molecule has 11 atom stereocenters. The normalized spacial score (nSPS) is 54.1. The minimum Gasteiger partial charge on any atom is -0.459 e. The highest BCUT2D eigenvalue weighted by Crippen LogP contribution is 2.75. The highest BCUT2D eigenvalue weighted by atomic mass is 16.6. The van der Waals surface area contributed by atoms with Gasteiger partial charge < -0.3 is 20.1 Å². The Morgan fingerprint density at radius 3 is 2.16 bits per heavy atom. The van der Waals surface area contributed by atoms with Crippen molar-refractivity contribution in [2.75, 3.05) is 0 Å². The summed E-state index contributed by atoms with van der Waals surface area (Å²) >= 11 is 0. The van der Waals surface area contributed by atoms with Crippen LogP contribution < -0.4 is 0 Å². The number of ether oxygens (including phenoxy) is 1. The van der Waals surface area contributed by atoms with Gasteiger partial charge in [-0.05, 0) is 78.4 Å². The zero-order valence-electron chi connectivity index (χ0n) is 24.7. The van der Waals surface area contributed by atoms with Crippen molar-refractivity contribution in [2.24, 2.45) is 50.2 Å². The lowest BCUT2D eigenvalue weighted by Gasteiger charge is -2.73. The monoisotopic (exact) mass is 516 g/mol. The Bertz CT molecular complexity index is 999. The third-order valence-electron chi connectivity index (χ3n) is 13.4. The molecule has 0 aliphatic heterocycles. The molecule has 0 aromatic carbocycles. The number of rotatable bonds is 1. The molecule has 0 heterocycles. The number of aliphatic hydroxyl groups excluding tert-OH is 3. The van der Waals surface area contributed by atoms with E-state index in [0.717, 1.165) is 25.7 Å². The summed E-state index contributed by atoms with van der Waals surface area (Å²) in [5, 5.41) is 35.3. The number of allylic oxidation sites excluding steroid dienone is 1. The Kier molecular flexibility index (Phi) is 6.03. The van der Waals surface area contributed by atoms with Crippen LogP contribution in [0.2, 0.25) is 0 Å². The lowest BCUT2D eigenvalue weighted by Crippen LogP contribution is -2.74. The number of hydrogen-bond acceptors (Lipinski definition) is 5. The predicted octanol–water partition coefficient (Wildman–Crippen LogP) is 5.65. The minimum absolute atomic E-state index is 0.00325. The number of esters is 1. The van der Waals surface area contributed by atoms with E-state index in [4.69, 9.17) is 4.74 Å². The van der Waals surface area contributed by atoms with Crippen LogP contribution >= 0.6 is 0 Å². The van der Waals surface area contributed by atoms with Gasteiger partial charge in [0.25, 0.3) is 0 Å². The van der Waals surface area contributed by atoms with E-state index < -0.39 is 41.2 Å². The Balaban J connectivity index is 1.63. The lowest BCUT2D eigenvalue weighted by atomic mass is 9.32. The van der Waals surface area contributed by atoms with Gasteiger partial charge in [0.15, 0.2) is 0 Å². The second kappa shape index (κ2) is 8.07. The predicted molar refractivity (Wildman–Crippen MR) is 144 cm³/mol. The molecule has 4 saturated carbocycles. The van der Waals surface area contributed by atoms with Crippen LogP contribution in [0.15, 0.2) is 11.6 Å². The Morgan fingerprint density at radius 1 is 0.919 bits per heavy atom. The average Bonchev–Trinajstić information content (AvgIpc) is 2.78. The lowest BCUT2D eigenvalue weighted by molar-refractivity contribution is -0.292. The van der Waals surface area contributed by atoms with Crippen LogP contribution in [-0.2, 0) is 9.53 Å². The zero-order valence-corrected chi connectivity index (χ0v) is 24.7. The van der Waals surface area contributed by atoms with Gasteiger partial charge in [0.05, 0.1) is 12.2 Å². The Labute approximate surface area is 224 Å². The molecular weight excluding hydrogens is 464 g/mol. The molecule has 0 saturated heterocycles. The van der Waals surface area contributed by atoms with Crippen molar-refractivity contribution in [3.05, 3.63) is 11.6 Å². The summed E-state index contributed by atoms with van der Waals surface area (Å²) in [5.41, 5.74) is 0.511. The average molecular weight is 517 g/mol. The maximum absolute atomic E-state index is 12.1. The van der Waals surface area contributed by atoms with Gasteiger partial charge in [0.1, 0.15) is 12.2 Å². The second-order valence-electron chi connectivity index (χ2n) is 16.2. The molecule has 0 aromatic heterocycles. The van der Waals surface area contributed by atoms with Crippen LogP contribution in [0.3, 0.4) is 0 Å². The van der Waals surface area contributed by atoms with Crippen LogP contribution in [0, 0.1) is 50.2 Å². The summed E-state index contributed by atoms with van der Waals surface area (Å²) in [7, 11) is 0. The number of hydrogen-bond donors (Lipinski definition) is 3. The molecule has 37 heavy (non-hydrogen) atoms. The van der Waals surface area contributed by atoms with Crippen molar-refractivity contribution < 1.29 is 24.9 Å². The molecule has 0 unspecified atom stereocenters. The largest absolute Gasteiger partial charge is 0.459 e. The molecule has 0 spiro atoms. The number of aliphatic hydroxyl groups is 3. The molecule has 4 fully saturated rings. The fraction of sp³-hybridized carbons (Fsp3) is 0.906. The molecule has 5 aliphatic carbocycles. The summed E-state index contributed by atoms with van der Waals surface area (Å²) in [5.74, 6) is -0.168. The van der Waals surface area contributed by atoms with Crippen LogP contribution in [0.1, 0.15) is 107 Å². The van der Waals surface area contributed by atoms with Crippen molar-refractivity contribution in [2.45, 2.75) is 132 Å². The van der Waals surface area contributed by atoms with E-state index in [9.17, 15) is 20.1 Å². The molecular formula is C32H52O5. The smallest absolute Gasteiger partial charge is 0.303 e. The minimum atomic E-state index is -1.19. The highest BCUT2D eigenvalue weighted by Gasteiger charge is 2.73. The molecule has 5 aliphatic rings. The van der Waals surface area contributed by atoms with Crippen molar-refractivity contribution >= 4 is 5.97 Å². The van der Waals surface area contributed by atoms with Gasteiger partial charge in [-0.2, -0.15) is 0 Å². The Morgan fingerprint density at radius 2 is 1.54 bits per heavy atom. The topological polar surface area (TPSA) is 87.0 Å². The van der Waals surface area contributed by atoms with Crippen molar-refractivity contribution in [1.29, 1.82) is 0 Å². The van der Waals surface area contributed by atoms with Gasteiger partial charge >= 0.3 is 5.97 Å². The molecule has 0 radical (unpaired) electrons. The fourth-order valence-corrected chi connectivity index (χ4v) is 11.1.